The van der Waals surface area contributed by atoms with E-state index in [-0.39, 0.29) is 12.1 Å². The normalized spacial score (nSPS) is 31.5. The maximum Gasteiger partial charge on any atom is 0.404 e. The lowest BCUT2D eigenvalue weighted by Gasteiger charge is -2.14. The molecule has 0 aromatic carbocycles. The van der Waals surface area contributed by atoms with Gasteiger partial charge in [-0.05, 0) is 32.1 Å². The largest absolute Gasteiger partial charge is 0.465 e. The fraction of sp³-hybridized carbons (Fsp3) is 0.875. The van der Waals surface area contributed by atoms with Crippen molar-refractivity contribution in [3.63, 3.8) is 0 Å². The zero-order chi connectivity index (χ0) is 9.14. The van der Waals surface area contributed by atoms with E-state index in [9.17, 15) is 4.79 Å². The molecule has 0 saturated heterocycles. The molecule has 0 aromatic heterocycles. The SMILES string of the molecule is C[C@H](N)[C@@H]1CC[C@H](NC(=O)O)C1. The molecular formula is C8H16N2O2. The zero-order valence-corrected chi connectivity index (χ0v) is 7.29. The highest BCUT2D eigenvalue weighted by molar-refractivity contribution is 5.64. The van der Waals surface area contributed by atoms with Crippen molar-refractivity contribution in [2.75, 3.05) is 0 Å². The number of amides is 1. The second-order valence-electron chi connectivity index (χ2n) is 3.58. The van der Waals surface area contributed by atoms with Crippen LogP contribution >= 0.6 is 0 Å². The average molecular weight is 172 g/mol. The van der Waals surface area contributed by atoms with Crippen molar-refractivity contribution in [1.82, 2.24) is 5.32 Å². The molecule has 0 unspecified atom stereocenters. The van der Waals surface area contributed by atoms with Crippen LogP contribution in [0.25, 0.3) is 0 Å². The Kier molecular flexibility index (Phi) is 2.92. The van der Waals surface area contributed by atoms with Crippen LogP contribution in [0.5, 0.6) is 0 Å². The molecule has 4 heteroatoms. The first kappa shape index (κ1) is 9.32. The van der Waals surface area contributed by atoms with E-state index in [1.807, 2.05) is 6.92 Å². The number of carbonyl (C=O) groups is 1. The Morgan fingerprint density at radius 3 is 2.75 bits per heavy atom. The molecule has 3 atom stereocenters. The van der Waals surface area contributed by atoms with E-state index in [0.29, 0.717) is 5.92 Å². The van der Waals surface area contributed by atoms with Gasteiger partial charge in [-0.2, -0.15) is 0 Å². The lowest BCUT2D eigenvalue weighted by molar-refractivity contribution is 0.189. The maximum atomic E-state index is 10.3. The van der Waals surface area contributed by atoms with Crippen molar-refractivity contribution in [2.45, 2.75) is 38.3 Å². The lowest BCUT2D eigenvalue weighted by atomic mass is 10.0. The molecule has 1 aliphatic rings. The molecular weight excluding hydrogens is 156 g/mol. The number of hydrogen-bond donors (Lipinski definition) is 3. The van der Waals surface area contributed by atoms with Gasteiger partial charge < -0.3 is 16.2 Å². The van der Waals surface area contributed by atoms with Crippen LogP contribution in [0.3, 0.4) is 0 Å². The summed E-state index contributed by atoms with van der Waals surface area (Å²) in [5, 5.41) is 10.9. The van der Waals surface area contributed by atoms with Gasteiger partial charge in [-0.15, -0.1) is 0 Å². The molecule has 1 rings (SSSR count). The average Bonchev–Trinajstić information content (AvgIpc) is 2.34. The van der Waals surface area contributed by atoms with Crippen molar-refractivity contribution in [2.24, 2.45) is 11.7 Å². The van der Waals surface area contributed by atoms with E-state index in [2.05, 4.69) is 5.32 Å². The highest BCUT2D eigenvalue weighted by Gasteiger charge is 2.27. The molecule has 0 bridgehead atoms. The minimum atomic E-state index is -0.926. The number of rotatable bonds is 2. The van der Waals surface area contributed by atoms with Crippen LogP contribution < -0.4 is 11.1 Å². The fourth-order valence-electron chi connectivity index (χ4n) is 1.80. The van der Waals surface area contributed by atoms with Crippen LogP contribution in [0.2, 0.25) is 0 Å². The summed E-state index contributed by atoms with van der Waals surface area (Å²) in [6.45, 7) is 1.98. The molecule has 4 N–H and O–H groups in total. The molecule has 70 valence electrons. The maximum absolute atomic E-state index is 10.3. The van der Waals surface area contributed by atoms with Crippen LogP contribution in [0.1, 0.15) is 26.2 Å². The Labute approximate surface area is 72.1 Å². The summed E-state index contributed by atoms with van der Waals surface area (Å²) in [6.07, 6.45) is 1.94. The third kappa shape index (κ3) is 2.37. The van der Waals surface area contributed by atoms with E-state index >= 15 is 0 Å². The molecule has 1 saturated carbocycles. The van der Waals surface area contributed by atoms with Gasteiger partial charge in [0.1, 0.15) is 0 Å². The molecule has 1 amide bonds. The lowest BCUT2D eigenvalue weighted by Crippen LogP contribution is -2.33. The minimum Gasteiger partial charge on any atom is -0.465 e. The van der Waals surface area contributed by atoms with Crippen LogP contribution in [0.15, 0.2) is 0 Å². The van der Waals surface area contributed by atoms with Crippen LogP contribution in [-0.4, -0.2) is 23.3 Å². The molecule has 0 radical (unpaired) electrons. The summed E-state index contributed by atoms with van der Waals surface area (Å²) in [4.78, 5) is 10.3. The van der Waals surface area contributed by atoms with E-state index in [4.69, 9.17) is 10.8 Å². The standard InChI is InChI=1S/C8H16N2O2/c1-5(9)6-2-3-7(4-6)10-8(11)12/h5-7,10H,2-4,9H2,1H3,(H,11,12)/t5-,6+,7-/m0/s1. The summed E-state index contributed by atoms with van der Waals surface area (Å²) >= 11 is 0. The summed E-state index contributed by atoms with van der Waals surface area (Å²) < 4.78 is 0. The number of hydrogen-bond acceptors (Lipinski definition) is 2. The third-order valence-electron chi connectivity index (χ3n) is 2.54. The van der Waals surface area contributed by atoms with Gasteiger partial charge in [0.2, 0.25) is 0 Å². The number of carboxylic acid groups (broad SMARTS) is 1. The van der Waals surface area contributed by atoms with Gasteiger partial charge in [0.25, 0.3) is 0 Å². The zero-order valence-electron chi connectivity index (χ0n) is 7.29. The summed E-state index contributed by atoms with van der Waals surface area (Å²) in [5.74, 6) is 0.488. The van der Waals surface area contributed by atoms with Gasteiger partial charge in [0, 0.05) is 12.1 Å². The number of nitrogens with one attached hydrogen (secondary N) is 1. The van der Waals surface area contributed by atoms with Crippen molar-refractivity contribution >= 4 is 6.09 Å². The summed E-state index contributed by atoms with van der Waals surface area (Å²) in [5.41, 5.74) is 5.72. The predicted octanol–water partition coefficient (Wildman–Crippen LogP) is 0.770. The van der Waals surface area contributed by atoms with Crippen molar-refractivity contribution in [1.29, 1.82) is 0 Å². The second kappa shape index (κ2) is 3.76. The monoisotopic (exact) mass is 172 g/mol. The number of nitrogens with two attached hydrogens (primary N) is 1. The van der Waals surface area contributed by atoms with Crippen LogP contribution in [0.4, 0.5) is 4.79 Å². The van der Waals surface area contributed by atoms with Gasteiger partial charge in [0.15, 0.2) is 0 Å². The second-order valence-corrected chi connectivity index (χ2v) is 3.58. The first-order valence-electron chi connectivity index (χ1n) is 4.34. The highest BCUT2D eigenvalue weighted by atomic mass is 16.4. The smallest absolute Gasteiger partial charge is 0.404 e. The van der Waals surface area contributed by atoms with Crippen LogP contribution in [-0.2, 0) is 0 Å². The summed E-state index contributed by atoms with van der Waals surface area (Å²) in [6, 6.07) is 0.309. The predicted molar refractivity (Wildman–Crippen MR) is 45.9 cm³/mol. The Morgan fingerprint density at radius 2 is 2.33 bits per heavy atom. The topological polar surface area (TPSA) is 75.3 Å². The quantitative estimate of drug-likeness (QED) is 0.576. The van der Waals surface area contributed by atoms with Gasteiger partial charge in [-0.1, -0.05) is 0 Å². The van der Waals surface area contributed by atoms with E-state index in [0.717, 1.165) is 19.3 Å². The van der Waals surface area contributed by atoms with Gasteiger partial charge in [-0.3, -0.25) is 0 Å². The molecule has 4 nitrogen and oxygen atoms in total. The van der Waals surface area contributed by atoms with E-state index in [1.165, 1.54) is 0 Å². The minimum absolute atomic E-state index is 0.124. The Morgan fingerprint density at radius 1 is 1.67 bits per heavy atom. The van der Waals surface area contributed by atoms with E-state index < -0.39 is 6.09 Å². The molecule has 0 aliphatic heterocycles. The van der Waals surface area contributed by atoms with Gasteiger partial charge in [-0.25, -0.2) is 4.79 Å². The molecule has 0 aromatic rings. The van der Waals surface area contributed by atoms with Crippen molar-refractivity contribution in [3.8, 4) is 0 Å². The first-order valence-corrected chi connectivity index (χ1v) is 4.34. The molecule has 12 heavy (non-hydrogen) atoms. The van der Waals surface area contributed by atoms with Crippen LogP contribution in [0, 0.1) is 5.92 Å². The summed E-state index contributed by atoms with van der Waals surface area (Å²) in [7, 11) is 0. The van der Waals surface area contributed by atoms with Crippen molar-refractivity contribution < 1.29 is 9.90 Å². The van der Waals surface area contributed by atoms with Gasteiger partial charge in [0.05, 0.1) is 0 Å². The molecule has 0 heterocycles. The Hall–Kier alpha value is -0.770. The molecule has 1 aliphatic carbocycles. The fourth-order valence-corrected chi connectivity index (χ4v) is 1.80. The highest BCUT2D eigenvalue weighted by Crippen LogP contribution is 2.27. The third-order valence-corrected chi connectivity index (χ3v) is 2.54. The van der Waals surface area contributed by atoms with Crippen molar-refractivity contribution in [3.05, 3.63) is 0 Å². The first-order chi connectivity index (χ1) is 5.59. The Balaban J connectivity index is 2.30. The Bertz CT molecular complexity index is 170. The molecule has 0 spiro atoms. The van der Waals surface area contributed by atoms with E-state index in [1.54, 1.807) is 0 Å². The van der Waals surface area contributed by atoms with Gasteiger partial charge >= 0.3 is 6.09 Å². The molecule has 1 fully saturated rings.